The zero-order chi connectivity index (χ0) is 16.8. The minimum atomic E-state index is -1.67. The Hall–Kier alpha value is -1.59. The first kappa shape index (κ1) is 17.8. The summed E-state index contributed by atoms with van der Waals surface area (Å²) in [5.74, 6) is -0.723. The maximum atomic E-state index is 12.2. The van der Waals surface area contributed by atoms with Crippen molar-refractivity contribution in [1.82, 2.24) is 13.1 Å². The second-order valence-electron chi connectivity index (χ2n) is 5.64. The van der Waals surface area contributed by atoms with E-state index in [4.69, 9.17) is 11.0 Å². The van der Waals surface area contributed by atoms with Gasteiger partial charge in [-0.1, -0.05) is 0 Å². The number of piperidine rings is 1. The molecule has 0 radical (unpaired) electrons. The molecule has 2 aliphatic rings. The van der Waals surface area contributed by atoms with E-state index in [9.17, 15) is 9.59 Å². The normalized spacial score (nSPS) is 17.6. The van der Waals surface area contributed by atoms with Gasteiger partial charge < -0.3 is 0 Å². The predicted octanol–water partition coefficient (Wildman–Crippen LogP) is -0.550. The SMILES string of the molecule is C=C(C(N)=O)[C]1=[In][N](C#N)C=C1NC(=O)CCN1CCCCC1. The summed E-state index contributed by atoms with van der Waals surface area (Å²) in [7, 11) is 0. The number of nitriles is 1. The second kappa shape index (κ2) is 8.32. The summed E-state index contributed by atoms with van der Waals surface area (Å²) in [6, 6.07) is 0. The van der Waals surface area contributed by atoms with Gasteiger partial charge in [-0.05, 0) is 0 Å². The predicted molar refractivity (Wildman–Crippen MR) is 87.7 cm³/mol. The fourth-order valence-corrected chi connectivity index (χ4v) is 5.90. The quantitative estimate of drug-likeness (QED) is 0.446. The van der Waals surface area contributed by atoms with E-state index in [2.05, 4.69) is 16.8 Å². The van der Waals surface area contributed by atoms with Gasteiger partial charge in [-0.25, -0.2) is 0 Å². The molecule has 2 rings (SSSR count). The van der Waals surface area contributed by atoms with Crippen LogP contribution in [-0.2, 0) is 9.59 Å². The third-order valence-electron chi connectivity index (χ3n) is 3.94. The number of allylic oxidation sites excluding steroid dienone is 1. The van der Waals surface area contributed by atoms with Crippen molar-refractivity contribution >= 4 is 37.8 Å². The molecule has 3 N–H and O–H groups in total. The molecule has 0 atom stereocenters. The van der Waals surface area contributed by atoms with Crippen molar-refractivity contribution < 1.29 is 9.59 Å². The molecule has 0 unspecified atom stereocenters. The molecule has 0 bridgehead atoms. The Morgan fingerprint density at radius 1 is 1.39 bits per heavy atom. The molecule has 0 aromatic heterocycles. The summed E-state index contributed by atoms with van der Waals surface area (Å²) in [6.07, 6.45) is 7.67. The van der Waals surface area contributed by atoms with Crippen LogP contribution in [0.2, 0.25) is 0 Å². The molecule has 23 heavy (non-hydrogen) atoms. The number of carbonyl (C=O) groups is 2. The Bertz CT molecular complexity index is 614. The van der Waals surface area contributed by atoms with E-state index in [1.54, 1.807) is 6.20 Å². The number of hydrogen-bond acceptors (Lipinski definition) is 5. The maximum absolute atomic E-state index is 12.2. The van der Waals surface area contributed by atoms with Crippen LogP contribution in [0.4, 0.5) is 0 Å². The number of rotatable bonds is 6. The number of likely N-dealkylation sites (tertiary alicyclic amines) is 1. The first-order chi connectivity index (χ1) is 11.0. The average molecular weight is 417 g/mol. The summed E-state index contributed by atoms with van der Waals surface area (Å²) in [5.41, 5.74) is 5.99. The van der Waals surface area contributed by atoms with Crippen LogP contribution in [0.15, 0.2) is 24.0 Å². The molecule has 0 spiro atoms. The van der Waals surface area contributed by atoms with Crippen molar-refractivity contribution in [2.75, 3.05) is 19.6 Å². The molecule has 0 aromatic rings. The van der Waals surface area contributed by atoms with E-state index in [1.165, 1.54) is 22.2 Å². The van der Waals surface area contributed by atoms with Crippen molar-refractivity contribution in [1.29, 1.82) is 5.26 Å². The van der Waals surface area contributed by atoms with Gasteiger partial charge in [0, 0.05) is 0 Å². The van der Waals surface area contributed by atoms with E-state index in [0.717, 1.165) is 19.6 Å². The minimum absolute atomic E-state index is 0.112. The third kappa shape index (κ3) is 4.94. The Morgan fingerprint density at radius 3 is 2.70 bits per heavy atom. The van der Waals surface area contributed by atoms with Crippen molar-refractivity contribution in [2.24, 2.45) is 5.73 Å². The number of amides is 2. The Kier molecular flexibility index (Phi) is 6.42. The first-order valence-electron chi connectivity index (χ1n) is 7.64. The summed E-state index contributed by atoms with van der Waals surface area (Å²) in [6.45, 7) is 6.50. The Morgan fingerprint density at radius 2 is 2.09 bits per heavy atom. The van der Waals surface area contributed by atoms with Gasteiger partial charge in [0.15, 0.2) is 0 Å². The van der Waals surface area contributed by atoms with Crippen LogP contribution in [0, 0.1) is 11.5 Å². The summed E-state index contributed by atoms with van der Waals surface area (Å²) in [4.78, 5) is 25.8. The number of carbonyl (C=O) groups excluding carboxylic acids is 2. The fourth-order valence-electron chi connectivity index (χ4n) is 2.64. The van der Waals surface area contributed by atoms with Crippen LogP contribution in [0.5, 0.6) is 0 Å². The molecule has 120 valence electrons. The van der Waals surface area contributed by atoms with Gasteiger partial charge in [0.25, 0.3) is 0 Å². The van der Waals surface area contributed by atoms with Gasteiger partial charge in [0.2, 0.25) is 0 Å². The van der Waals surface area contributed by atoms with Crippen molar-refractivity contribution in [3.05, 3.63) is 24.0 Å². The molecule has 2 aliphatic heterocycles. The number of nitrogens with one attached hydrogen (secondary N) is 1. The topological polar surface area (TPSA) is 102 Å². The van der Waals surface area contributed by atoms with Gasteiger partial charge in [0.05, 0.1) is 0 Å². The van der Waals surface area contributed by atoms with Crippen LogP contribution < -0.4 is 11.1 Å². The monoisotopic (exact) mass is 417 g/mol. The fraction of sp³-hybridized carbons (Fsp3) is 0.467. The molecular formula is C15H20InN5O2. The van der Waals surface area contributed by atoms with Crippen molar-refractivity contribution in [2.45, 2.75) is 25.7 Å². The molecule has 8 heteroatoms. The molecule has 0 aromatic carbocycles. The van der Waals surface area contributed by atoms with E-state index >= 15 is 0 Å². The summed E-state index contributed by atoms with van der Waals surface area (Å²) in [5, 5.41) is 11.8. The Balaban J connectivity index is 1.93. The van der Waals surface area contributed by atoms with Crippen LogP contribution in [0.3, 0.4) is 0 Å². The van der Waals surface area contributed by atoms with E-state index in [0.29, 0.717) is 15.4 Å². The standard InChI is InChI=1S/C15H21N5O2.In/c1-12(15(17)22)9-13(10-18-11-16)19-14(21)5-8-20-6-3-2-4-7-20;/h10,16H,1-8H2,(H3,17,19,21,22);/q;+1/p-1. The van der Waals surface area contributed by atoms with Gasteiger partial charge in [-0.3, -0.25) is 0 Å². The Labute approximate surface area is 147 Å². The molecular weight excluding hydrogens is 397 g/mol. The molecule has 1 fully saturated rings. The number of hydrogen-bond donors (Lipinski definition) is 2. The van der Waals surface area contributed by atoms with Crippen LogP contribution in [-0.4, -0.2) is 65.2 Å². The zero-order valence-corrected chi connectivity index (χ0v) is 16.3. The third-order valence-corrected chi connectivity index (χ3v) is 8.11. The van der Waals surface area contributed by atoms with Gasteiger partial charge in [-0.15, -0.1) is 0 Å². The average Bonchev–Trinajstić information content (AvgIpc) is 2.96. The number of primary amides is 1. The van der Waals surface area contributed by atoms with Gasteiger partial charge in [-0.2, -0.15) is 0 Å². The molecule has 0 saturated carbocycles. The molecule has 2 heterocycles. The molecule has 2 amide bonds. The van der Waals surface area contributed by atoms with E-state index in [1.807, 2.05) is 6.19 Å². The van der Waals surface area contributed by atoms with Gasteiger partial charge in [0.1, 0.15) is 0 Å². The number of nitrogens with zero attached hydrogens (tertiary/aromatic N) is 3. The van der Waals surface area contributed by atoms with Crippen molar-refractivity contribution in [3.63, 3.8) is 0 Å². The molecule has 0 aliphatic carbocycles. The van der Waals surface area contributed by atoms with Crippen molar-refractivity contribution in [3.8, 4) is 6.19 Å². The molecule has 1 saturated heterocycles. The summed E-state index contributed by atoms with van der Waals surface area (Å²) >= 11 is -1.67. The first-order valence-corrected chi connectivity index (χ1v) is 10.8. The van der Waals surface area contributed by atoms with Crippen LogP contribution in [0.1, 0.15) is 25.7 Å². The summed E-state index contributed by atoms with van der Waals surface area (Å²) < 4.78 is 2.19. The second-order valence-corrected chi connectivity index (χ2v) is 9.61. The van der Waals surface area contributed by atoms with E-state index < -0.39 is 28.6 Å². The number of nitrogens with two attached hydrogens (primary N) is 1. The van der Waals surface area contributed by atoms with Crippen LogP contribution >= 0.6 is 0 Å². The van der Waals surface area contributed by atoms with E-state index in [-0.39, 0.29) is 11.5 Å². The molecule has 7 nitrogen and oxygen atoms in total. The van der Waals surface area contributed by atoms with Gasteiger partial charge >= 0.3 is 147 Å². The zero-order valence-electron chi connectivity index (χ0n) is 13.0. The van der Waals surface area contributed by atoms with Crippen LogP contribution in [0.25, 0.3) is 0 Å².